The van der Waals surface area contributed by atoms with E-state index in [4.69, 9.17) is 19.4 Å². The number of aromatic nitrogens is 3. The summed E-state index contributed by atoms with van der Waals surface area (Å²) < 4.78 is 14.3. The van der Waals surface area contributed by atoms with E-state index in [2.05, 4.69) is 6.92 Å². The van der Waals surface area contributed by atoms with Crippen LogP contribution in [0.5, 0.6) is 11.5 Å². The van der Waals surface area contributed by atoms with Crippen LogP contribution in [-0.2, 0) is 9.59 Å². The quantitative estimate of drug-likeness (QED) is 0.0700. The molecule has 1 saturated heterocycles. The molecular formula is C35H36N4O5S. The minimum atomic E-state index is -0.930. The van der Waals surface area contributed by atoms with Gasteiger partial charge in [0, 0.05) is 6.20 Å². The Morgan fingerprint density at radius 1 is 0.956 bits per heavy atom. The first-order chi connectivity index (χ1) is 21.8. The predicted octanol–water partition coefficient (Wildman–Crippen LogP) is 7.54. The average molecular weight is 625 g/mol. The van der Waals surface area contributed by atoms with Crippen LogP contribution in [0.15, 0.2) is 66.4 Å². The number of Topliss-reactive ketones (excluding diaryl/α,β-unsaturated/α-hetero) is 1. The van der Waals surface area contributed by atoms with Crippen molar-refractivity contribution in [1.29, 1.82) is 0 Å². The van der Waals surface area contributed by atoms with Crippen LogP contribution in [0.3, 0.4) is 0 Å². The normalized spacial score (nSPS) is 16.3. The number of carbonyl (C=O) groups excluding carboxylic acids is 2. The Morgan fingerprint density at radius 3 is 2.47 bits per heavy atom. The van der Waals surface area contributed by atoms with E-state index >= 15 is 0 Å². The first-order valence-corrected chi connectivity index (χ1v) is 16.2. The molecule has 1 N–H and O–H groups in total. The Morgan fingerprint density at radius 2 is 1.73 bits per heavy atom. The van der Waals surface area contributed by atoms with Gasteiger partial charge in [0.2, 0.25) is 0 Å². The van der Waals surface area contributed by atoms with E-state index in [1.54, 1.807) is 0 Å². The van der Waals surface area contributed by atoms with E-state index in [-0.39, 0.29) is 17.0 Å². The second-order valence-electron chi connectivity index (χ2n) is 11.1. The minimum Gasteiger partial charge on any atom is -0.505 e. The molecule has 3 aromatic heterocycles. The van der Waals surface area contributed by atoms with Gasteiger partial charge in [-0.05, 0) is 74.7 Å². The number of nitrogens with zero attached hydrogens (tertiary/aromatic N) is 4. The summed E-state index contributed by atoms with van der Waals surface area (Å²) in [6.45, 7) is 8.98. The highest BCUT2D eigenvalue weighted by Gasteiger charge is 2.48. The van der Waals surface area contributed by atoms with Gasteiger partial charge in [0.05, 0.1) is 40.7 Å². The van der Waals surface area contributed by atoms with E-state index in [9.17, 15) is 14.7 Å². The summed E-state index contributed by atoms with van der Waals surface area (Å²) in [5.41, 5.74) is 3.78. The number of aryl methyl sites for hydroxylation is 2. The number of fused-ring (bicyclic) bond motifs is 2. The van der Waals surface area contributed by atoms with Crippen LogP contribution >= 0.6 is 11.3 Å². The number of hydrogen-bond donors (Lipinski definition) is 1. The van der Waals surface area contributed by atoms with Crippen molar-refractivity contribution in [2.24, 2.45) is 0 Å². The number of aliphatic hydroxyl groups is 1. The Hall–Kier alpha value is -4.70. The highest BCUT2D eigenvalue weighted by Crippen LogP contribution is 2.45. The molecule has 4 heterocycles. The summed E-state index contributed by atoms with van der Waals surface area (Å²) in [7, 11) is 0. The van der Waals surface area contributed by atoms with Crippen molar-refractivity contribution in [3.8, 4) is 11.5 Å². The van der Waals surface area contributed by atoms with Gasteiger partial charge in [0.25, 0.3) is 5.78 Å². The molecule has 0 radical (unpaired) electrons. The number of anilines is 1. The monoisotopic (exact) mass is 624 g/mol. The Balaban J connectivity index is 1.45. The van der Waals surface area contributed by atoms with Gasteiger partial charge in [-0.1, -0.05) is 55.7 Å². The zero-order chi connectivity index (χ0) is 31.7. The molecule has 0 bridgehead atoms. The SMILES string of the molecule is CCCCCCOc1ccc(C2C(=C(O)c3nc4c(C)cccn4c3C)C(=O)C(=O)N2c2nc3ccc(OCC)cc3s2)cc1. The molecule has 1 aliphatic heterocycles. The molecule has 5 aromatic rings. The fraction of sp³-hybridized carbons (Fsp3) is 0.314. The van der Waals surface area contributed by atoms with E-state index in [0.717, 1.165) is 29.5 Å². The van der Waals surface area contributed by atoms with Crippen molar-refractivity contribution in [2.45, 2.75) is 59.4 Å². The van der Waals surface area contributed by atoms with Crippen LogP contribution < -0.4 is 14.4 Å². The number of ketones is 1. The lowest BCUT2D eigenvalue weighted by molar-refractivity contribution is -0.132. The predicted molar refractivity (Wildman–Crippen MR) is 176 cm³/mol. The van der Waals surface area contributed by atoms with E-state index in [0.29, 0.717) is 52.3 Å². The molecule has 0 saturated carbocycles. The molecule has 1 aliphatic rings. The number of rotatable bonds is 11. The van der Waals surface area contributed by atoms with E-state index in [1.165, 1.54) is 22.7 Å². The number of hydrogen-bond acceptors (Lipinski definition) is 8. The molecule has 0 aliphatic carbocycles. The third-order valence-electron chi connectivity index (χ3n) is 8.08. The summed E-state index contributed by atoms with van der Waals surface area (Å²) in [6, 6.07) is 15.8. The van der Waals surface area contributed by atoms with Gasteiger partial charge in [-0.3, -0.25) is 14.5 Å². The van der Waals surface area contributed by atoms with Crippen LogP contribution in [-0.4, -0.2) is 44.4 Å². The number of imidazole rings is 1. The lowest BCUT2D eigenvalue weighted by Crippen LogP contribution is -2.29. The third-order valence-corrected chi connectivity index (χ3v) is 9.10. The molecule has 6 rings (SSSR count). The highest BCUT2D eigenvalue weighted by molar-refractivity contribution is 7.22. The zero-order valence-electron chi connectivity index (χ0n) is 25.9. The molecule has 1 atom stereocenters. The van der Waals surface area contributed by atoms with Crippen molar-refractivity contribution in [3.05, 3.63) is 88.9 Å². The Kier molecular flexibility index (Phi) is 8.58. The summed E-state index contributed by atoms with van der Waals surface area (Å²) >= 11 is 1.29. The number of ether oxygens (including phenoxy) is 2. The van der Waals surface area contributed by atoms with Gasteiger partial charge in [0.1, 0.15) is 22.8 Å². The van der Waals surface area contributed by atoms with Crippen LogP contribution in [0.2, 0.25) is 0 Å². The smallest absolute Gasteiger partial charge is 0.301 e. The van der Waals surface area contributed by atoms with Gasteiger partial charge >= 0.3 is 5.91 Å². The van der Waals surface area contributed by atoms with Crippen LogP contribution in [0, 0.1) is 13.8 Å². The van der Waals surface area contributed by atoms with Gasteiger partial charge in [-0.2, -0.15) is 0 Å². The molecule has 232 valence electrons. The summed E-state index contributed by atoms with van der Waals surface area (Å²) in [6.07, 6.45) is 6.26. The van der Waals surface area contributed by atoms with Gasteiger partial charge in [-0.15, -0.1) is 0 Å². The maximum atomic E-state index is 13.8. The number of amides is 1. The fourth-order valence-electron chi connectivity index (χ4n) is 5.74. The van der Waals surface area contributed by atoms with Crippen LogP contribution in [0.4, 0.5) is 5.13 Å². The number of pyridine rings is 1. The molecule has 1 unspecified atom stereocenters. The molecule has 45 heavy (non-hydrogen) atoms. The lowest BCUT2D eigenvalue weighted by Gasteiger charge is -2.23. The highest BCUT2D eigenvalue weighted by atomic mass is 32.1. The van der Waals surface area contributed by atoms with E-state index < -0.39 is 17.7 Å². The van der Waals surface area contributed by atoms with Crippen molar-refractivity contribution >= 4 is 49.8 Å². The second-order valence-corrected chi connectivity index (χ2v) is 12.1. The number of thiazole rings is 1. The fourth-order valence-corrected chi connectivity index (χ4v) is 6.76. The zero-order valence-corrected chi connectivity index (χ0v) is 26.7. The Labute approximate surface area is 265 Å². The largest absolute Gasteiger partial charge is 0.505 e. The maximum Gasteiger partial charge on any atom is 0.301 e. The van der Waals surface area contributed by atoms with Crippen molar-refractivity contribution in [1.82, 2.24) is 14.4 Å². The molecule has 1 amide bonds. The lowest BCUT2D eigenvalue weighted by atomic mass is 9.96. The molecular weight excluding hydrogens is 588 g/mol. The molecule has 0 spiro atoms. The third kappa shape index (κ3) is 5.66. The summed E-state index contributed by atoms with van der Waals surface area (Å²) in [5.74, 6) is -0.489. The molecule has 1 fully saturated rings. The van der Waals surface area contributed by atoms with E-state index in [1.807, 2.05) is 86.0 Å². The Bertz CT molecular complexity index is 1920. The summed E-state index contributed by atoms with van der Waals surface area (Å²) in [5, 5.41) is 12.2. The van der Waals surface area contributed by atoms with Gasteiger partial charge in [0.15, 0.2) is 10.9 Å². The molecule has 10 heteroatoms. The molecule has 2 aromatic carbocycles. The second kappa shape index (κ2) is 12.7. The standard InChI is InChI=1S/C35H36N4O5S/c1-5-7-8-9-19-44-24-14-12-23(13-15-24)30-28(31(40)29-22(4)38-18-10-11-21(3)33(38)37-29)32(41)34(42)39(30)35-36-26-17-16-25(43-6-2)20-27(26)45-35/h10-18,20,30,40H,5-9,19H2,1-4H3. The maximum absolute atomic E-state index is 13.8. The summed E-state index contributed by atoms with van der Waals surface area (Å²) in [4.78, 5) is 38.4. The van der Waals surface area contributed by atoms with Gasteiger partial charge in [-0.25, -0.2) is 9.97 Å². The van der Waals surface area contributed by atoms with Crippen LogP contribution in [0.25, 0.3) is 21.6 Å². The number of benzene rings is 2. The van der Waals surface area contributed by atoms with Crippen LogP contribution in [0.1, 0.15) is 68.1 Å². The first kappa shape index (κ1) is 30.3. The van der Waals surface area contributed by atoms with Crippen molar-refractivity contribution in [2.75, 3.05) is 18.1 Å². The number of unbranched alkanes of at least 4 members (excludes halogenated alkanes) is 3. The van der Waals surface area contributed by atoms with Crippen molar-refractivity contribution < 1.29 is 24.2 Å². The topological polar surface area (TPSA) is 106 Å². The average Bonchev–Trinajstić information content (AvgIpc) is 3.69. The van der Waals surface area contributed by atoms with Gasteiger partial charge < -0.3 is 19.0 Å². The number of aliphatic hydroxyl groups excluding tert-OH is 1. The van der Waals surface area contributed by atoms with Crippen molar-refractivity contribution in [3.63, 3.8) is 0 Å². The first-order valence-electron chi connectivity index (χ1n) is 15.3. The minimum absolute atomic E-state index is 0.0355. The number of carbonyl (C=O) groups is 2. The molecule has 9 nitrogen and oxygen atoms in total.